The van der Waals surface area contributed by atoms with Crippen molar-refractivity contribution in [1.82, 2.24) is 9.97 Å². The Labute approximate surface area is 94.8 Å². The Morgan fingerprint density at radius 3 is 2.81 bits per heavy atom. The third-order valence-electron chi connectivity index (χ3n) is 2.36. The largest absolute Gasteiger partial charge is 0.396 e. The van der Waals surface area contributed by atoms with Crippen LogP contribution in [0.1, 0.15) is 5.69 Å². The lowest BCUT2D eigenvalue weighted by Gasteiger charge is -2.20. The molecule has 0 radical (unpaired) electrons. The Bertz CT molecular complexity index is 456. The number of nitrogens with two attached hydrogens (primary N) is 1. The van der Waals surface area contributed by atoms with Gasteiger partial charge in [0.15, 0.2) is 0 Å². The summed E-state index contributed by atoms with van der Waals surface area (Å²) in [4.78, 5) is 10.3. The minimum Gasteiger partial charge on any atom is -0.396 e. The van der Waals surface area contributed by atoms with E-state index in [0.29, 0.717) is 5.69 Å². The van der Waals surface area contributed by atoms with Crippen LogP contribution in [0, 0.1) is 0 Å². The van der Waals surface area contributed by atoms with Gasteiger partial charge >= 0.3 is 0 Å². The van der Waals surface area contributed by atoms with Crippen molar-refractivity contribution in [1.29, 1.82) is 0 Å². The molecule has 0 unspecified atom stereocenters. The molecule has 0 aromatic carbocycles. The normalized spacial score (nSPS) is 10.1. The van der Waals surface area contributed by atoms with Gasteiger partial charge in [-0.3, -0.25) is 9.97 Å². The fourth-order valence-electron chi connectivity index (χ4n) is 1.57. The van der Waals surface area contributed by atoms with Gasteiger partial charge in [0, 0.05) is 19.4 Å². The molecular formula is C12H14N4. The van der Waals surface area contributed by atoms with Gasteiger partial charge in [0.1, 0.15) is 0 Å². The van der Waals surface area contributed by atoms with Crippen LogP contribution in [0.5, 0.6) is 0 Å². The predicted octanol–water partition coefficient (Wildman–Crippen LogP) is 1.70. The van der Waals surface area contributed by atoms with E-state index in [4.69, 9.17) is 5.73 Å². The number of hydrogen-bond acceptors (Lipinski definition) is 4. The van der Waals surface area contributed by atoms with Crippen molar-refractivity contribution in [2.24, 2.45) is 0 Å². The standard InChI is InChI=1S/C12H14N4/c1-16(9-10-4-2-3-6-15-10)12-5-7-14-8-11(12)13/h2-8H,9,13H2,1H3. The van der Waals surface area contributed by atoms with E-state index < -0.39 is 0 Å². The van der Waals surface area contributed by atoms with Crippen molar-refractivity contribution in [3.8, 4) is 0 Å². The monoisotopic (exact) mass is 214 g/mol. The minimum absolute atomic E-state index is 0.681. The maximum Gasteiger partial charge on any atom is 0.0738 e. The molecular weight excluding hydrogens is 200 g/mol. The first-order valence-corrected chi connectivity index (χ1v) is 5.08. The van der Waals surface area contributed by atoms with Crippen molar-refractivity contribution in [2.45, 2.75) is 6.54 Å². The highest BCUT2D eigenvalue weighted by Gasteiger charge is 2.05. The Hall–Kier alpha value is -2.10. The summed E-state index contributed by atoms with van der Waals surface area (Å²) in [7, 11) is 1.99. The van der Waals surface area contributed by atoms with Gasteiger partial charge in [0.05, 0.1) is 29.8 Å². The van der Waals surface area contributed by atoms with Crippen LogP contribution in [0.15, 0.2) is 42.9 Å². The van der Waals surface area contributed by atoms with Crippen LogP contribution in [-0.4, -0.2) is 17.0 Å². The van der Waals surface area contributed by atoms with Crippen molar-refractivity contribution in [2.75, 3.05) is 17.7 Å². The number of nitrogens with zero attached hydrogens (tertiary/aromatic N) is 3. The van der Waals surface area contributed by atoms with Crippen molar-refractivity contribution in [3.63, 3.8) is 0 Å². The lowest BCUT2D eigenvalue weighted by molar-refractivity contribution is 0.885. The summed E-state index contributed by atoms with van der Waals surface area (Å²) < 4.78 is 0. The molecule has 16 heavy (non-hydrogen) atoms. The number of nitrogen functional groups attached to an aromatic ring is 1. The maximum atomic E-state index is 5.85. The molecule has 2 aromatic heterocycles. The lowest BCUT2D eigenvalue weighted by Crippen LogP contribution is -2.18. The molecule has 0 atom stereocenters. The third-order valence-corrected chi connectivity index (χ3v) is 2.36. The van der Waals surface area contributed by atoms with Crippen LogP contribution in [0.25, 0.3) is 0 Å². The highest BCUT2D eigenvalue weighted by Crippen LogP contribution is 2.20. The van der Waals surface area contributed by atoms with Crippen LogP contribution in [0.2, 0.25) is 0 Å². The highest BCUT2D eigenvalue weighted by molar-refractivity contribution is 5.65. The summed E-state index contributed by atoms with van der Waals surface area (Å²) >= 11 is 0. The van der Waals surface area contributed by atoms with Crippen molar-refractivity contribution < 1.29 is 0 Å². The molecule has 0 saturated heterocycles. The van der Waals surface area contributed by atoms with E-state index >= 15 is 0 Å². The molecule has 2 rings (SSSR count). The average Bonchev–Trinajstić information content (AvgIpc) is 2.31. The molecule has 0 fully saturated rings. The summed E-state index contributed by atoms with van der Waals surface area (Å²) in [5.41, 5.74) is 8.52. The van der Waals surface area contributed by atoms with E-state index in [1.165, 1.54) is 0 Å². The molecule has 0 spiro atoms. The van der Waals surface area contributed by atoms with Crippen LogP contribution in [0.4, 0.5) is 11.4 Å². The van der Waals surface area contributed by atoms with E-state index in [-0.39, 0.29) is 0 Å². The molecule has 82 valence electrons. The second-order valence-corrected chi connectivity index (χ2v) is 3.61. The van der Waals surface area contributed by atoms with Crippen LogP contribution in [0.3, 0.4) is 0 Å². The van der Waals surface area contributed by atoms with E-state index in [0.717, 1.165) is 17.9 Å². The number of aromatic nitrogens is 2. The third kappa shape index (κ3) is 2.28. The Kier molecular flexibility index (Phi) is 3.00. The molecule has 0 amide bonds. The molecule has 2 heterocycles. The van der Waals surface area contributed by atoms with Gasteiger partial charge in [-0.15, -0.1) is 0 Å². The van der Waals surface area contributed by atoms with Gasteiger partial charge in [0.2, 0.25) is 0 Å². The fraction of sp³-hybridized carbons (Fsp3) is 0.167. The molecule has 0 saturated carbocycles. The first kappa shape index (κ1) is 10.4. The smallest absolute Gasteiger partial charge is 0.0738 e. The van der Waals surface area contributed by atoms with Crippen LogP contribution < -0.4 is 10.6 Å². The van der Waals surface area contributed by atoms with Crippen molar-refractivity contribution >= 4 is 11.4 Å². The molecule has 4 nitrogen and oxygen atoms in total. The predicted molar refractivity (Wildman–Crippen MR) is 65.0 cm³/mol. The lowest BCUT2D eigenvalue weighted by atomic mass is 10.3. The second kappa shape index (κ2) is 4.61. The molecule has 0 bridgehead atoms. The second-order valence-electron chi connectivity index (χ2n) is 3.61. The Morgan fingerprint density at radius 2 is 2.12 bits per heavy atom. The summed E-state index contributed by atoms with van der Waals surface area (Å²) in [5.74, 6) is 0. The van der Waals surface area contributed by atoms with Gasteiger partial charge in [-0.25, -0.2) is 0 Å². The zero-order valence-corrected chi connectivity index (χ0v) is 9.17. The van der Waals surface area contributed by atoms with Gasteiger partial charge in [0.25, 0.3) is 0 Å². The van der Waals surface area contributed by atoms with Gasteiger partial charge in [-0.2, -0.15) is 0 Å². The van der Waals surface area contributed by atoms with Gasteiger partial charge in [-0.1, -0.05) is 6.07 Å². The van der Waals surface area contributed by atoms with E-state index in [1.54, 1.807) is 18.6 Å². The number of rotatable bonds is 3. The Morgan fingerprint density at radius 1 is 1.25 bits per heavy atom. The van der Waals surface area contributed by atoms with E-state index in [1.807, 2.05) is 31.3 Å². The van der Waals surface area contributed by atoms with Gasteiger partial charge in [-0.05, 0) is 18.2 Å². The summed E-state index contributed by atoms with van der Waals surface area (Å²) in [5, 5.41) is 0. The number of hydrogen-bond donors (Lipinski definition) is 1. The Balaban J connectivity index is 2.15. The maximum absolute atomic E-state index is 5.85. The quantitative estimate of drug-likeness (QED) is 0.844. The summed E-state index contributed by atoms with van der Waals surface area (Å²) in [6.45, 7) is 0.731. The molecule has 2 N–H and O–H groups in total. The zero-order valence-electron chi connectivity index (χ0n) is 9.17. The summed E-state index contributed by atoms with van der Waals surface area (Å²) in [6, 6.07) is 7.78. The van der Waals surface area contributed by atoms with Crippen LogP contribution in [-0.2, 0) is 6.54 Å². The zero-order chi connectivity index (χ0) is 11.4. The first-order valence-electron chi connectivity index (χ1n) is 5.08. The van der Waals surface area contributed by atoms with Gasteiger partial charge < -0.3 is 10.6 Å². The van der Waals surface area contributed by atoms with E-state index in [2.05, 4.69) is 14.9 Å². The molecule has 0 aliphatic rings. The van der Waals surface area contributed by atoms with Crippen molar-refractivity contribution in [3.05, 3.63) is 48.5 Å². The number of pyridine rings is 2. The number of anilines is 2. The van der Waals surface area contributed by atoms with Crippen LogP contribution >= 0.6 is 0 Å². The fourth-order valence-corrected chi connectivity index (χ4v) is 1.57. The highest BCUT2D eigenvalue weighted by atomic mass is 15.1. The molecule has 0 aliphatic heterocycles. The molecule has 0 aliphatic carbocycles. The minimum atomic E-state index is 0.681. The molecule has 4 heteroatoms. The summed E-state index contributed by atoms with van der Waals surface area (Å²) in [6.07, 6.45) is 5.18. The topological polar surface area (TPSA) is 55.0 Å². The first-order chi connectivity index (χ1) is 7.77. The average molecular weight is 214 g/mol. The SMILES string of the molecule is CN(Cc1ccccn1)c1ccncc1N. The molecule has 2 aromatic rings. The van der Waals surface area contributed by atoms with E-state index in [9.17, 15) is 0 Å².